The second-order valence-electron chi connectivity index (χ2n) is 3.67. The van der Waals surface area contributed by atoms with Crippen LogP contribution >= 0.6 is 0 Å². The molecule has 0 saturated carbocycles. The fourth-order valence-corrected chi connectivity index (χ4v) is 2.30. The summed E-state index contributed by atoms with van der Waals surface area (Å²) in [5.41, 5.74) is 6.93. The first-order chi connectivity index (χ1) is 8.49. The third kappa shape index (κ3) is 2.63. The molecule has 0 atom stereocenters. The molecule has 0 aliphatic rings. The third-order valence-corrected chi connectivity index (χ3v) is 3.77. The lowest BCUT2D eigenvalue weighted by atomic mass is 10.2. The second-order valence-corrected chi connectivity index (χ2v) is 5.44. The molecule has 9 heteroatoms. The summed E-state index contributed by atoms with van der Waals surface area (Å²) < 4.78 is 26.2. The van der Waals surface area contributed by atoms with Crippen molar-refractivity contribution in [2.24, 2.45) is 0 Å². The normalized spacial score (nSPS) is 11.6. The van der Waals surface area contributed by atoms with Gasteiger partial charge in [-0.05, 0) is 24.6 Å². The smallest absolute Gasteiger partial charge is 0.241 e. The van der Waals surface area contributed by atoms with Gasteiger partial charge < -0.3 is 5.73 Å². The molecule has 0 aliphatic heterocycles. The van der Waals surface area contributed by atoms with Gasteiger partial charge in [-0.25, -0.2) is 13.1 Å². The Balaban J connectivity index is 2.17. The van der Waals surface area contributed by atoms with Crippen LogP contribution in [0.1, 0.15) is 11.4 Å². The highest BCUT2D eigenvalue weighted by atomic mass is 32.2. The van der Waals surface area contributed by atoms with Gasteiger partial charge in [0, 0.05) is 5.69 Å². The zero-order valence-corrected chi connectivity index (χ0v) is 10.4. The summed E-state index contributed by atoms with van der Waals surface area (Å²) in [6.45, 7) is 1.77. The Morgan fingerprint density at radius 1 is 1.44 bits per heavy atom. The van der Waals surface area contributed by atoms with E-state index in [2.05, 4.69) is 25.3 Å². The average molecular weight is 268 g/mol. The van der Waals surface area contributed by atoms with Gasteiger partial charge in [0.2, 0.25) is 10.0 Å². The van der Waals surface area contributed by atoms with E-state index >= 15 is 0 Å². The van der Waals surface area contributed by atoms with Crippen molar-refractivity contribution >= 4 is 15.7 Å². The predicted molar refractivity (Wildman–Crippen MR) is 63.8 cm³/mol. The Kier molecular flexibility index (Phi) is 3.26. The summed E-state index contributed by atoms with van der Waals surface area (Å²) in [5, 5.41) is 12.9. The Morgan fingerprint density at radius 2 is 2.22 bits per heavy atom. The number of aryl methyl sites for hydroxylation is 1. The van der Waals surface area contributed by atoms with Crippen LogP contribution in [0.3, 0.4) is 0 Å². The van der Waals surface area contributed by atoms with E-state index in [1.165, 1.54) is 12.1 Å². The number of sulfonamides is 1. The quantitative estimate of drug-likeness (QED) is 0.646. The van der Waals surface area contributed by atoms with Crippen LogP contribution in [0.15, 0.2) is 23.1 Å². The molecule has 0 spiro atoms. The van der Waals surface area contributed by atoms with Crippen molar-refractivity contribution in [1.29, 1.82) is 0 Å². The van der Waals surface area contributed by atoms with Crippen LogP contribution in [0.25, 0.3) is 0 Å². The summed E-state index contributed by atoms with van der Waals surface area (Å²) >= 11 is 0. The van der Waals surface area contributed by atoms with E-state index in [-0.39, 0.29) is 17.3 Å². The standard InChI is InChI=1S/C9H12N6O2S/c1-6-2-3-7(4-8(6)10)18(16,17)11-5-9-12-14-15-13-9/h2-4,11H,5,10H2,1H3,(H,12,13,14,15). The topological polar surface area (TPSA) is 127 Å². The molecule has 2 rings (SSSR count). The van der Waals surface area contributed by atoms with E-state index in [0.29, 0.717) is 5.69 Å². The highest BCUT2D eigenvalue weighted by Crippen LogP contribution is 2.16. The Bertz CT molecular complexity index is 637. The monoisotopic (exact) mass is 268 g/mol. The first-order valence-corrected chi connectivity index (χ1v) is 6.55. The molecule has 0 radical (unpaired) electrons. The fourth-order valence-electron chi connectivity index (χ4n) is 1.29. The van der Waals surface area contributed by atoms with Crippen molar-refractivity contribution in [1.82, 2.24) is 25.3 Å². The number of benzene rings is 1. The van der Waals surface area contributed by atoms with Crippen LogP contribution in [0.2, 0.25) is 0 Å². The maximum absolute atomic E-state index is 11.9. The summed E-state index contributed by atoms with van der Waals surface area (Å²) in [4.78, 5) is 0.106. The van der Waals surface area contributed by atoms with Gasteiger partial charge in [-0.2, -0.15) is 5.21 Å². The number of anilines is 1. The maximum atomic E-state index is 11.9. The number of hydrogen-bond donors (Lipinski definition) is 3. The predicted octanol–water partition coefficient (Wildman–Crippen LogP) is -0.431. The Hall–Kier alpha value is -2.00. The lowest BCUT2D eigenvalue weighted by molar-refractivity contribution is 0.579. The molecular formula is C9H12N6O2S. The highest BCUT2D eigenvalue weighted by molar-refractivity contribution is 7.89. The van der Waals surface area contributed by atoms with E-state index in [0.717, 1.165) is 5.56 Å². The Morgan fingerprint density at radius 3 is 2.83 bits per heavy atom. The maximum Gasteiger partial charge on any atom is 0.241 e. The SMILES string of the molecule is Cc1ccc(S(=O)(=O)NCc2nn[nH]n2)cc1N. The van der Waals surface area contributed by atoms with Crippen molar-refractivity contribution in [3.8, 4) is 0 Å². The third-order valence-electron chi connectivity index (χ3n) is 2.37. The molecule has 96 valence electrons. The van der Waals surface area contributed by atoms with Gasteiger partial charge in [0.15, 0.2) is 5.82 Å². The number of hydrogen-bond acceptors (Lipinski definition) is 6. The van der Waals surface area contributed by atoms with Crippen LogP contribution in [-0.4, -0.2) is 29.0 Å². The van der Waals surface area contributed by atoms with Gasteiger partial charge in [0.05, 0.1) is 11.4 Å². The molecule has 2 aromatic rings. The largest absolute Gasteiger partial charge is 0.398 e. The van der Waals surface area contributed by atoms with E-state index in [4.69, 9.17) is 5.73 Å². The van der Waals surface area contributed by atoms with Crippen LogP contribution < -0.4 is 10.5 Å². The number of nitrogen functional groups attached to an aromatic ring is 1. The average Bonchev–Trinajstić information content (AvgIpc) is 2.83. The van der Waals surface area contributed by atoms with Crippen molar-refractivity contribution in [3.05, 3.63) is 29.6 Å². The molecular weight excluding hydrogens is 256 g/mol. The van der Waals surface area contributed by atoms with Gasteiger partial charge >= 0.3 is 0 Å². The molecule has 8 nitrogen and oxygen atoms in total. The number of tetrazole rings is 1. The highest BCUT2D eigenvalue weighted by Gasteiger charge is 2.15. The molecule has 1 heterocycles. The minimum atomic E-state index is -3.63. The minimum Gasteiger partial charge on any atom is -0.398 e. The molecule has 0 saturated heterocycles. The van der Waals surface area contributed by atoms with Gasteiger partial charge in [0.1, 0.15) is 0 Å². The Labute approximate surface area is 104 Å². The number of H-pyrrole nitrogens is 1. The first-order valence-electron chi connectivity index (χ1n) is 5.07. The lowest BCUT2D eigenvalue weighted by Crippen LogP contribution is -2.24. The number of aromatic amines is 1. The number of rotatable bonds is 4. The second kappa shape index (κ2) is 4.70. The van der Waals surface area contributed by atoms with Crippen LogP contribution in [0.4, 0.5) is 5.69 Å². The molecule has 0 aliphatic carbocycles. The molecule has 1 aromatic heterocycles. The molecule has 0 bridgehead atoms. The molecule has 0 unspecified atom stereocenters. The van der Waals surface area contributed by atoms with Crippen LogP contribution in [0.5, 0.6) is 0 Å². The minimum absolute atomic E-state index is 0.0351. The number of nitrogens with zero attached hydrogens (tertiary/aromatic N) is 3. The molecule has 1 aromatic carbocycles. The molecule has 18 heavy (non-hydrogen) atoms. The van der Waals surface area contributed by atoms with Crippen molar-refractivity contribution in [2.75, 3.05) is 5.73 Å². The van der Waals surface area contributed by atoms with Crippen molar-refractivity contribution < 1.29 is 8.42 Å². The molecule has 0 fully saturated rings. The number of aromatic nitrogens is 4. The zero-order valence-electron chi connectivity index (χ0n) is 9.58. The fraction of sp³-hybridized carbons (Fsp3) is 0.222. The van der Waals surface area contributed by atoms with E-state index < -0.39 is 10.0 Å². The van der Waals surface area contributed by atoms with E-state index in [9.17, 15) is 8.42 Å². The summed E-state index contributed by atoms with van der Waals surface area (Å²) in [5.74, 6) is 0.263. The summed E-state index contributed by atoms with van der Waals surface area (Å²) in [7, 11) is -3.63. The van der Waals surface area contributed by atoms with Gasteiger partial charge in [-0.1, -0.05) is 11.3 Å². The summed E-state index contributed by atoms with van der Waals surface area (Å²) in [6.07, 6.45) is 0. The van der Waals surface area contributed by atoms with Gasteiger partial charge in [-0.15, -0.1) is 10.2 Å². The van der Waals surface area contributed by atoms with Crippen LogP contribution in [0, 0.1) is 6.92 Å². The van der Waals surface area contributed by atoms with Crippen molar-refractivity contribution in [2.45, 2.75) is 18.4 Å². The van der Waals surface area contributed by atoms with Crippen molar-refractivity contribution in [3.63, 3.8) is 0 Å². The lowest BCUT2D eigenvalue weighted by Gasteiger charge is -2.07. The molecule has 4 N–H and O–H groups in total. The summed E-state index contributed by atoms with van der Waals surface area (Å²) in [6, 6.07) is 4.55. The van der Waals surface area contributed by atoms with E-state index in [1.54, 1.807) is 13.0 Å². The van der Waals surface area contributed by atoms with Gasteiger partial charge in [0.25, 0.3) is 0 Å². The number of nitrogens with one attached hydrogen (secondary N) is 2. The number of nitrogens with two attached hydrogens (primary N) is 1. The van der Waals surface area contributed by atoms with E-state index in [1.807, 2.05) is 0 Å². The molecule has 0 amide bonds. The first kappa shape index (κ1) is 12.5. The van der Waals surface area contributed by atoms with Crippen LogP contribution in [-0.2, 0) is 16.6 Å². The zero-order chi connectivity index (χ0) is 13.2. The van der Waals surface area contributed by atoms with Gasteiger partial charge in [-0.3, -0.25) is 0 Å².